The summed E-state index contributed by atoms with van der Waals surface area (Å²) >= 11 is 3.41. The second-order valence-electron chi connectivity index (χ2n) is 8.94. The van der Waals surface area contributed by atoms with Crippen LogP contribution in [0.15, 0.2) is 95.0 Å². The Morgan fingerprint density at radius 3 is 2.21 bits per heavy atom. The van der Waals surface area contributed by atoms with Crippen LogP contribution in [-0.4, -0.2) is 38.1 Å². The number of ether oxygens (including phenoxy) is 2. The number of methoxy groups -OCH3 is 2. The number of benzene rings is 3. The van der Waals surface area contributed by atoms with Crippen molar-refractivity contribution in [1.29, 1.82) is 0 Å². The van der Waals surface area contributed by atoms with Crippen LogP contribution in [0.5, 0.6) is 0 Å². The Labute approximate surface area is 227 Å². The maximum Gasteiger partial charge on any atom is 0.334 e. The molecule has 0 saturated carbocycles. The van der Waals surface area contributed by atoms with Gasteiger partial charge in [-0.05, 0) is 41.5 Å². The van der Waals surface area contributed by atoms with Gasteiger partial charge in [-0.15, -0.1) is 0 Å². The molecule has 1 aliphatic heterocycles. The van der Waals surface area contributed by atoms with E-state index in [2.05, 4.69) is 21.2 Å². The van der Waals surface area contributed by atoms with E-state index in [-0.39, 0.29) is 5.57 Å². The molecule has 0 bridgehead atoms. The predicted octanol–water partition coefficient (Wildman–Crippen LogP) is 4.95. The number of carbonyl (C=O) groups excluding carboxylic acids is 4. The third-order valence-electron chi connectivity index (χ3n) is 7.02. The summed E-state index contributed by atoms with van der Waals surface area (Å²) in [5.41, 5.74) is 0.312. The van der Waals surface area contributed by atoms with Gasteiger partial charge in [0.25, 0.3) is 5.91 Å². The van der Waals surface area contributed by atoms with Crippen LogP contribution in [0.3, 0.4) is 0 Å². The molecule has 3 aromatic rings. The number of anilines is 2. The van der Waals surface area contributed by atoms with Crippen molar-refractivity contribution in [2.75, 3.05) is 24.4 Å². The molecular formula is C29H23BrN2O6. The number of urea groups is 1. The summed E-state index contributed by atoms with van der Waals surface area (Å²) in [6.45, 7) is 0. The van der Waals surface area contributed by atoms with Crippen LogP contribution in [-0.2, 0) is 29.3 Å². The van der Waals surface area contributed by atoms with E-state index in [1.54, 1.807) is 72.8 Å². The molecule has 0 unspecified atom stereocenters. The first-order valence-corrected chi connectivity index (χ1v) is 12.6. The molecule has 38 heavy (non-hydrogen) atoms. The molecule has 3 aromatic carbocycles. The van der Waals surface area contributed by atoms with Crippen LogP contribution < -0.4 is 10.2 Å². The molecule has 3 amide bonds. The fraction of sp³-hybridized carbons (Fsp3) is 0.172. The number of fused-ring (bicyclic) bond motifs is 2. The lowest BCUT2D eigenvalue weighted by Crippen LogP contribution is -2.49. The molecule has 8 nitrogen and oxygen atoms in total. The van der Waals surface area contributed by atoms with Gasteiger partial charge in [0.1, 0.15) is 5.41 Å². The number of hydrogen-bond donors (Lipinski definition) is 1. The lowest BCUT2D eigenvalue weighted by Gasteiger charge is -2.31. The molecule has 0 radical (unpaired) electrons. The molecule has 0 aromatic heterocycles. The molecule has 192 valence electrons. The number of imide groups is 1. The monoisotopic (exact) mass is 574 g/mol. The highest BCUT2D eigenvalue weighted by Crippen LogP contribution is 2.58. The molecule has 1 spiro atoms. The van der Waals surface area contributed by atoms with Crippen molar-refractivity contribution in [3.05, 3.63) is 106 Å². The van der Waals surface area contributed by atoms with Crippen molar-refractivity contribution in [2.45, 2.75) is 11.3 Å². The molecular weight excluding hydrogens is 552 g/mol. The first-order chi connectivity index (χ1) is 18.3. The number of esters is 2. The quantitative estimate of drug-likeness (QED) is 0.442. The van der Waals surface area contributed by atoms with Crippen molar-refractivity contribution < 1.29 is 28.7 Å². The summed E-state index contributed by atoms with van der Waals surface area (Å²) in [5.74, 6) is -4.07. The topological polar surface area (TPSA) is 102 Å². The number of nitrogens with zero attached hydrogens (tertiary/aromatic N) is 1. The van der Waals surface area contributed by atoms with Gasteiger partial charge < -0.3 is 14.8 Å². The summed E-state index contributed by atoms with van der Waals surface area (Å²) in [4.78, 5) is 55.5. The van der Waals surface area contributed by atoms with E-state index >= 15 is 0 Å². The van der Waals surface area contributed by atoms with E-state index in [9.17, 15) is 19.2 Å². The number of carbonyl (C=O) groups is 4. The minimum absolute atomic E-state index is 0.138. The maximum absolute atomic E-state index is 14.4. The summed E-state index contributed by atoms with van der Waals surface area (Å²) in [6, 6.07) is 21.9. The molecule has 3 atom stereocenters. The number of para-hydroxylation sites is 2. The maximum atomic E-state index is 14.4. The molecule has 9 heteroatoms. The first kappa shape index (κ1) is 25.4. The van der Waals surface area contributed by atoms with Crippen LogP contribution in [0.1, 0.15) is 17.0 Å². The Morgan fingerprint density at radius 2 is 1.55 bits per heavy atom. The fourth-order valence-electron chi connectivity index (χ4n) is 5.43. The summed E-state index contributed by atoms with van der Waals surface area (Å²) < 4.78 is 11.1. The van der Waals surface area contributed by atoms with Crippen molar-refractivity contribution in [1.82, 2.24) is 0 Å². The van der Waals surface area contributed by atoms with Crippen molar-refractivity contribution >= 4 is 51.2 Å². The van der Waals surface area contributed by atoms with Gasteiger partial charge in [0, 0.05) is 21.7 Å². The van der Waals surface area contributed by atoms with Crippen molar-refractivity contribution in [3.8, 4) is 0 Å². The van der Waals surface area contributed by atoms with Gasteiger partial charge >= 0.3 is 18.0 Å². The molecule has 5 rings (SSSR count). The Hall–Kier alpha value is -4.24. The highest BCUT2D eigenvalue weighted by molar-refractivity contribution is 9.10. The molecule has 0 fully saturated rings. The smallest absolute Gasteiger partial charge is 0.334 e. The van der Waals surface area contributed by atoms with E-state index in [0.717, 1.165) is 9.37 Å². The first-order valence-electron chi connectivity index (χ1n) is 11.8. The number of rotatable bonds is 4. The van der Waals surface area contributed by atoms with Crippen LogP contribution in [0.4, 0.5) is 16.2 Å². The number of nitrogens with one attached hydrogen (secondary N) is 1. The minimum atomic E-state index is -1.68. The SMILES string of the molecule is COC(=O)C1=C[C@]2(C(=O)N(C(=O)Nc3ccccc3)c3ccccc32)[C@@H](C(=O)OC)[C@@H]1c1ccc(Br)cc1. The van der Waals surface area contributed by atoms with Gasteiger partial charge in [0.2, 0.25) is 0 Å². The van der Waals surface area contributed by atoms with Gasteiger partial charge in [-0.2, -0.15) is 0 Å². The minimum Gasteiger partial charge on any atom is -0.469 e. The molecule has 2 aliphatic rings. The second-order valence-corrected chi connectivity index (χ2v) is 9.86. The fourth-order valence-corrected chi connectivity index (χ4v) is 5.70. The predicted molar refractivity (Wildman–Crippen MR) is 144 cm³/mol. The second kappa shape index (κ2) is 9.90. The van der Waals surface area contributed by atoms with Crippen LogP contribution in [0.25, 0.3) is 0 Å². The van der Waals surface area contributed by atoms with Gasteiger partial charge in [-0.3, -0.25) is 9.59 Å². The van der Waals surface area contributed by atoms with Gasteiger partial charge in [0.05, 0.1) is 25.8 Å². The van der Waals surface area contributed by atoms with Gasteiger partial charge in [-0.25, -0.2) is 14.5 Å². The van der Waals surface area contributed by atoms with Gasteiger partial charge in [0.15, 0.2) is 0 Å². The standard InChI is InChI=1S/C29H23BrN2O6/c1-37-25(33)20-16-29(24(26(34)38-2)23(20)17-12-14-18(30)15-13-17)21-10-6-7-11-22(21)32(27(29)35)28(36)31-19-8-4-3-5-9-19/h3-16,23-24H,1-2H3,(H,31,36)/t23-,24-,29-/m1/s1. The van der Waals surface area contributed by atoms with E-state index in [0.29, 0.717) is 22.5 Å². The number of amides is 3. The Balaban J connectivity index is 1.71. The largest absolute Gasteiger partial charge is 0.469 e. The van der Waals surface area contributed by atoms with E-state index < -0.39 is 41.1 Å². The van der Waals surface area contributed by atoms with Crippen LogP contribution in [0.2, 0.25) is 0 Å². The van der Waals surface area contributed by atoms with E-state index in [4.69, 9.17) is 9.47 Å². The highest BCUT2D eigenvalue weighted by atomic mass is 79.9. The van der Waals surface area contributed by atoms with Crippen LogP contribution >= 0.6 is 15.9 Å². The summed E-state index contributed by atoms with van der Waals surface area (Å²) in [7, 11) is 2.47. The van der Waals surface area contributed by atoms with E-state index in [1.165, 1.54) is 20.3 Å². The summed E-state index contributed by atoms with van der Waals surface area (Å²) in [6.07, 6.45) is 1.48. The Morgan fingerprint density at radius 1 is 0.895 bits per heavy atom. The van der Waals surface area contributed by atoms with Crippen molar-refractivity contribution in [3.63, 3.8) is 0 Å². The third-order valence-corrected chi connectivity index (χ3v) is 7.55. The molecule has 1 N–H and O–H groups in total. The Kier molecular flexibility index (Phi) is 6.62. The lowest BCUT2D eigenvalue weighted by atomic mass is 9.69. The zero-order chi connectivity index (χ0) is 27.0. The highest BCUT2D eigenvalue weighted by Gasteiger charge is 2.65. The van der Waals surface area contributed by atoms with Gasteiger partial charge in [-0.1, -0.05) is 70.5 Å². The summed E-state index contributed by atoms with van der Waals surface area (Å²) in [5, 5.41) is 2.75. The zero-order valence-corrected chi connectivity index (χ0v) is 22.1. The zero-order valence-electron chi connectivity index (χ0n) is 20.5. The number of hydrogen-bond acceptors (Lipinski definition) is 6. The van der Waals surface area contributed by atoms with Crippen LogP contribution in [0, 0.1) is 5.92 Å². The third kappa shape index (κ3) is 3.90. The van der Waals surface area contributed by atoms with E-state index in [1.807, 2.05) is 6.07 Å². The average Bonchev–Trinajstić information content (AvgIpc) is 3.42. The normalized spacial score (nSPS) is 21.6. The molecule has 1 aliphatic carbocycles. The lowest BCUT2D eigenvalue weighted by molar-refractivity contribution is -0.150. The van der Waals surface area contributed by atoms with Crippen molar-refractivity contribution in [2.24, 2.45) is 5.92 Å². The number of halogens is 1. The molecule has 1 heterocycles. The molecule has 0 saturated heterocycles. The average molecular weight is 575 g/mol. The Bertz CT molecular complexity index is 1470.